The van der Waals surface area contributed by atoms with Gasteiger partial charge in [-0.05, 0) is 24.6 Å². The van der Waals surface area contributed by atoms with E-state index in [0.717, 1.165) is 17.7 Å². The molecule has 2 aromatic rings. The molecule has 7 nitrogen and oxygen atoms in total. The Morgan fingerprint density at radius 1 is 1.04 bits per heavy atom. The molecule has 0 N–H and O–H groups in total. The van der Waals surface area contributed by atoms with Crippen LogP contribution in [0, 0.1) is 10.1 Å². The predicted octanol–water partition coefficient (Wildman–Crippen LogP) is 3.64. The van der Waals surface area contributed by atoms with Crippen molar-refractivity contribution in [3.05, 3.63) is 81.4 Å². The minimum absolute atomic E-state index is 0.00877. The maximum absolute atomic E-state index is 12.1. The second-order valence-corrected chi connectivity index (χ2v) is 5.16. The smallest absolute Gasteiger partial charge is 0.338 e. The fraction of sp³-hybridized carbons (Fsp3) is 0.158. The minimum atomic E-state index is -0.767. The summed E-state index contributed by atoms with van der Waals surface area (Å²) in [5.41, 5.74) is 0.397. The zero-order valence-corrected chi connectivity index (χ0v) is 14.1. The number of hydrogen-bond donors (Lipinski definition) is 0. The van der Waals surface area contributed by atoms with Crippen LogP contribution in [0.4, 0.5) is 5.69 Å². The molecule has 2 rings (SSSR count). The highest BCUT2D eigenvalue weighted by Crippen LogP contribution is 2.19. The molecule has 2 aromatic carbocycles. The van der Waals surface area contributed by atoms with E-state index in [9.17, 15) is 19.7 Å². The van der Waals surface area contributed by atoms with Gasteiger partial charge in [0.2, 0.25) is 0 Å². The molecular formula is C19H17NO6. The lowest BCUT2D eigenvalue weighted by Crippen LogP contribution is -2.10. The number of carbonyl (C=O) groups excluding carboxylic acids is 2. The molecular weight excluding hydrogens is 338 g/mol. The molecule has 134 valence electrons. The molecule has 0 spiro atoms. The van der Waals surface area contributed by atoms with E-state index in [1.54, 1.807) is 19.1 Å². The topological polar surface area (TPSA) is 95.7 Å². The Balaban J connectivity index is 2.10. The molecule has 0 bridgehead atoms. The van der Waals surface area contributed by atoms with Crippen LogP contribution in [0.3, 0.4) is 0 Å². The van der Waals surface area contributed by atoms with E-state index in [1.165, 1.54) is 6.07 Å². The summed E-state index contributed by atoms with van der Waals surface area (Å²) in [4.78, 5) is 34.3. The van der Waals surface area contributed by atoms with Gasteiger partial charge in [-0.15, -0.1) is 0 Å². The number of nitro benzene ring substituents is 1. The molecule has 0 aliphatic carbocycles. The van der Waals surface area contributed by atoms with Crippen molar-refractivity contribution in [2.45, 2.75) is 6.92 Å². The summed E-state index contributed by atoms with van der Waals surface area (Å²) in [5.74, 6) is -1.51. The minimum Gasteiger partial charge on any atom is -0.462 e. The third-order valence-electron chi connectivity index (χ3n) is 3.30. The quantitative estimate of drug-likeness (QED) is 0.427. The molecule has 0 aliphatic heterocycles. The average Bonchev–Trinajstić information content (AvgIpc) is 2.65. The molecule has 0 fully saturated rings. The number of non-ortho nitro benzene ring substituents is 1. The molecule has 0 saturated carbocycles. The zero-order valence-electron chi connectivity index (χ0n) is 14.1. The maximum atomic E-state index is 12.1. The number of esters is 2. The lowest BCUT2D eigenvalue weighted by Gasteiger charge is -2.06. The SMILES string of the molecule is CCOC(=O)c1cc(C(=O)OC/C=C/c2ccccc2)cc([N+](=O)[O-])c1. The summed E-state index contributed by atoms with van der Waals surface area (Å²) < 4.78 is 9.90. The number of carbonyl (C=O) groups is 2. The number of ether oxygens (including phenoxy) is 2. The second-order valence-electron chi connectivity index (χ2n) is 5.16. The molecule has 0 heterocycles. The zero-order chi connectivity index (χ0) is 18.9. The fourth-order valence-electron chi connectivity index (χ4n) is 2.12. The van der Waals surface area contributed by atoms with Gasteiger partial charge in [0.25, 0.3) is 5.69 Å². The second kappa shape index (κ2) is 9.12. The van der Waals surface area contributed by atoms with Crippen LogP contribution in [0.2, 0.25) is 0 Å². The first-order chi connectivity index (χ1) is 12.5. The standard InChI is InChI=1S/C19H17NO6/c1-2-25-18(21)15-11-16(13-17(12-15)20(23)24)19(22)26-10-6-9-14-7-4-3-5-8-14/h3-9,11-13H,2,10H2,1H3/b9-6+. The number of rotatable bonds is 7. The van der Waals surface area contributed by atoms with Gasteiger partial charge in [-0.1, -0.05) is 36.4 Å². The Morgan fingerprint density at radius 3 is 2.23 bits per heavy atom. The van der Waals surface area contributed by atoms with E-state index in [1.807, 2.05) is 30.3 Å². The van der Waals surface area contributed by atoms with E-state index in [2.05, 4.69) is 0 Å². The van der Waals surface area contributed by atoms with Crippen LogP contribution in [0.15, 0.2) is 54.6 Å². The van der Waals surface area contributed by atoms with E-state index >= 15 is 0 Å². The number of hydrogen-bond acceptors (Lipinski definition) is 6. The lowest BCUT2D eigenvalue weighted by molar-refractivity contribution is -0.384. The van der Waals surface area contributed by atoms with Crippen LogP contribution < -0.4 is 0 Å². The Bertz CT molecular complexity index is 829. The van der Waals surface area contributed by atoms with Gasteiger partial charge in [0.05, 0.1) is 22.7 Å². The molecule has 26 heavy (non-hydrogen) atoms. The van der Waals surface area contributed by atoms with Gasteiger partial charge >= 0.3 is 11.9 Å². The van der Waals surface area contributed by atoms with Gasteiger partial charge in [0.15, 0.2) is 0 Å². The molecule has 0 atom stereocenters. The average molecular weight is 355 g/mol. The van der Waals surface area contributed by atoms with Crippen molar-refractivity contribution in [1.82, 2.24) is 0 Å². The molecule has 0 amide bonds. The fourth-order valence-corrected chi connectivity index (χ4v) is 2.12. The lowest BCUT2D eigenvalue weighted by atomic mass is 10.1. The van der Waals surface area contributed by atoms with E-state index < -0.39 is 16.9 Å². The van der Waals surface area contributed by atoms with Crippen molar-refractivity contribution < 1.29 is 24.0 Å². The molecule has 0 radical (unpaired) electrons. The summed E-state index contributed by atoms with van der Waals surface area (Å²) in [6, 6.07) is 12.8. The highest BCUT2D eigenvalue weighted by atomic mass is 16.6. The van der Waals surface area contributed by atoms with E-state index in [4.69, 9.17) is 9.47 Å². The summed E-state index contributed by atoms with van der Waals surface area (Å²) in [7, 11) is 0. The van der Waals surface area contributed by atoms with Crippen LogP contribution in [-0.2, 0) is 9.47 Å². The Hall–Kier alpha value is -3.48. The van der Waals surface area contributed by atoms with Crippen molar-refractivity contribution in [1.29, 1.82) is 0 Å². The van der Waals surface area contributed by atoms with Crippen molar-refractivity contribution in [2.24, 2.45) is 0 Å². The predicted molar refractivity (Wildman–Crippen MR) is 94.8 cm³/mol. The van der Waals surface area contributed by atoms with Crippen LogP contribution in [0.5, 0.6) is 0 Å². The van der Waals surface area contributed by atoms with Crippen LogP contribution in [-0.4, -0.2) is 30.1 Å². The molecule has 0 aliphatic rings. The largest absolute Gasteiger partial charge is 0.462 e. The van der Waals surface area contributed by atoms with Gasteiger partial charge in [-0.25, -0.2) is 9.59 Å². The van der Waals surface area contributed by atoms with Gasteiger partial charge < -0.3 is 9.47 Å². The Morgan fingerprint density at radius 2 is 1.65 bits per heavy atom. The van der Waals surface area contributed by atoms with Gasteiger partial charge in [0.1, 0.15) is 6.61 Å². The van der Waals surface area contributed by atoms with E-state index in [0.29, 0.717) is 0 Å². The monoisotopic (exact) mass is 355 g/mol. The Kier molecular flexibility index (Phi) is 6.61. The first-order valence-electron chi connectivity index (χ1n) is 7.86. The highest BCUT2D eigenvalue weighted by molar-refractivity contribution is 5.96. The van der Waals surface area contributed by atoms with E-state index in [-0.39, 0.29) is 30.0 Å². The number of benzene rings is 2. The third kappa shape index (κ3) is 5.27. The molecule has 0 unspecified atom stereocenters. The number of nitro groups is 1. The normalized spacial score (nSPS) is 10.5. The van der Waals surface area contributed by atoms with Gasteiger partial charge in [-0.3, -0.25) is 10.1 Å². The van der Waals surface area contributed by atoms with Gasteiger partial charge in [0, 0.05) is 12.1 Å². The van der Waals surface area contributed by atoms with Crippen molar-refractivity contribution >= 4 is 23.7 Å². The van der Waals surface area contributed by atoms with Crippen molar-refractivity contribution in [3.63, 3.8) is 0 Å². The summed E-state index contributed by atoms with van der Waals surface area (Å²) in [6.45, 7) is 1.72. The van der Waals surface area contributed by atoms with Crippen molar-refractivity contribution in [3.8, 4) is 0 Å². The number of nitrogens with zero attached hydrogens (tertiary/aromatic N) is 1. The third-order valence-corrected chi connectivity index (χ3v) is 3.30. The molecule has 0 saturated heterocycles. The molecule has 0 aromatic heterocycles. The van der Waals surface area contributed by atoms with Crippen LogP contribution in [0.1, 0.15) is 33.2 Å². The maximum Gasteiger partial charge on any atom is 0.338 e. The van der Waals surface area contributed by atoms with Crippen LogP contribution in [0.25, 0.3) is 6.08 Å². The summed E-state index contributed by atoms with van der Waals surface area (Å²) in [5, 5.41) is 11.0. The molecule has 7 heteroatoms. The first-order valence-corrected chi connectivity index (χ1v) is 7.86. The first kappa shape index (κ1) is 18.9. The summed E-state index contributed by atoms with van der Waals surface area (Å²) in [6.07, 6.45) is 3.43. The highest BCUT2D eigenvalue weighted by Gasteiger charge is 2.19. The summed E-state index contributed by atoms with van der Waals surface area (Å²) >= 11 is 0. The van der Waals surface area contributed by atoms with Gasteiger partial charge in [-0.2, -0.15) is 0 Å². The van der Waals surface area contributed by atoms with Crippen LogP contribution >= 0.6 is 0 Å². The Labute approximate surface area is 150 Å². The van der Waals surface area contributed by atoms with Crippen molar-refractivity contribution in [2.75, 3.05) is 13.2 Å².